The van der Waals surface area contributed by atoms with Gasteiger partial charge >= 0.3 is 5.97 Å². The van der Waals surface area contributed by atoms with E-state index in [1.165, 1.54) is 0 Å². The molecule has 1 atom stereocenters. The molecule has 1 N–H and O–H groups in total. The van der Waals surface area contributed by atoms with Crippen LogP contribution in [0.25, 0.3) is 0 Å². The molecular formula is C16H10Cl3NO2. The largest absolute Gasteiger partial charge is 0.448 e. The van der Waals surface area contributed by atoms with Crippen molar-refractivity contribution >= 4 is 46.5 Å². The van der Waals surface area contributed by atoms with E-state index in [9.17, 15) is 4.79 Å². The molecule has 3 rings (SSSR count). The van der Waals surface area contributed by atoms with Crippen LogP contribution in [0.15, 0.2) is 54.2 Å². The first-order valence-corrected chi connectivity index (χ1v) is 7.56. The molecule has 3 nitrogen and oxygen atoms in total. The van der Waals surface area contributed by atoms with Gasteiger partial charge in [0.25, 0.3) is 0 Å². The number of anilines is 1. The summed E-state index contributed by atoms with van der Waals surface area (Å²) in [5.74, 6) is -0.439. The number of nitrogens with one attached hydrogen (secondary N) is 1. The average Bonchev–Trinajstić information content (AvgIpc) is 2.84. The maximum atomic E-state index is 12.0. The van der Waals surface area contributed by atoms with Crippen LogP contribution < -0.4 is 5.32 Å². The number of rotatable bonds is 3. The quantitative estimate of drug-likeness (QED) is 0.766. The third-order valence-electron chi connectivity index (χ3n) is 3.17. The highest BCUT2D eigenvalue weighted by atomic mass is 35.5. The third-order valence-corrected chi connectivity index (χ3v) is 3.97. The second-order valence-electron chi connectivity index (χ2n) is 4.71. The average molecular weight is 355 g/mol. The normalized spacial score (nSPS) is 17.1. The molecule has 0 bridgehead atoms. The fourth-order valence-electron chi connectivity index (χ4n) is 2.08. The SMILES string of the molecule is O=C1OC(c2ccc(Cl)cc2)C=C1Nc1ccc(Cl)cc1Cl. The van der Waals surface area contributed by atoms with Crippen molar-refractivity contribution in [3.8, 4) is 0 Å². The summed E-state index contributed by atoms with van der Waals surface area (Å²) < 4.78 is 5.33. The van der Waals surface area contributed by atoms with Crippen LogP contribution >= 0.6 is 34.8 Å². The Balaban J connectivity index is 1.82. The molecule has 112 valence electrons. The fourth-order valence-corrected chi connectivity index (χ4v) is 2.66. The number of carbonyl (C=O) groups is 1. The number of hydrogen-bond acceptors (Lipinski definition) is 3. The molecule has 0 fully saturated rings. The molecule has 0 aliphatic carbocycles. The Morgan fingerprint density at radius 1 is 0.955 bits per heavy atom. The van der Waals surface area contributed by atoms with Crippen LogP contribution in [0.5, 0.6) is 0 Å². The van der Waals surface area contributed by atoms with Crippen LogP contribution in [0.1, 0.15) is 11.7 Å². The number of esters is 1. The standard InChI is InChI=1S/C16H10Cl3NO2/c17-10-3-1-9(2-4-10)15-8-14(16(21)22-15)20-13-6-5-11(18)7-12(13)19/h1-8,15,20H. The zero-order chi connectivity index (χ0) is 15.7. The van der Waals surface area contributed by atoms with Crippen LogP contribution in [-0.2, 0) is 9.53 Å². The number of halogens is 3. The predicted molar refractivity (Wildman–Crippen MR) is 88.5 cm³/mol. The van der Waals surface area contributed by atoms with Crippen LogP contribution in [0.4, 0.5) is 5.69 Å². The second-order valence-corrected chi connectivity index (χ2v) is 5.99. The number of ether oxygens (including phenoxy) is 1. The van der Waals surface area contributed by atoms with Crippen molar-refractivity contribution in [3.63, 3.8) is 0 Å². The molecule has 0 spiro atoms. The van der Waals surface area contributed by atoms with E-state index in [0.717, 1.165) is 5.56 Å². The second kappa shape index (κ2) is 6.21. The van der Waals surface area contributed by atoms with Gasteiger partial charge in [0.2, 0.25) is 0 Å². The van der Waals surface area contributed by atoms with E-state index in [1.54, 1.807) is 36.4 Å². The summed E-state index contributed by atoms with van der Waals surface area (Å²) in [6.45, 7) is 0. The molecular weight excluding hydrogens is 345 g/mol. The van der Waals surface area contributed by atoms with E-state index >= 15 is 0 Å². The zero-order valence-corrected chi connectivity index (χ0v) is 13.4. The van der Waals surface area contributed by atoms with Crippen molar-refractivity contribution in [1.29, 1.82) is 0 Å². The van der Waals surface area contributed by atoms with Crippen LogP contribution in [0, 0.1) is 0 Å². The van der Waals surface area contributed by atoms with Gasteiger partial charge in [-0.05, 0) is 42.0 Å². The smallest absolute Gasteiger partial charge is 0.355 e. The Bertz CT molecular complexity index is 756. The molecule has 1 unspecified atom stereocenters. The zero-order valence-electron chi connectivity index (χ0n) is 11.1. The topological polar surface area (TPSA) is 38.3 Å². The van der Waals surface area contributed by atoms with Crippen LogP contribution in [0.3, 0.4) is 0 Å². The Morgan fingerprint density at radius 3 is 2.32 bits per heavy atom. The molecule has 0 radical (unpaired) electrons. The fraction of sp³-hybridized carbons (Fsp3) is 0.0625. The number of cyclic esters (lactones) is 1. The summed E-state index contributed by atoms with van der Waals surface area (Å²) in [6.07, 6.45) is 1.26. The molecule has 0 saturated heterocycles. The highest BCUT2D eigenvalue weighted by molar-refractivity contribution is 6.36. The Hall–Kier alpha value is -1.68. The van der Waals surface area contributed by atoms with E-state index in [-0.39, 0.29) is 0 Å². The molecule has 1 aliphatic heterocycles. The Morgan fingerprint density at radius 2 is 1.64 bits per heavy atom. The van der Waals surface area contributed by atoms with Crippen molar-refractivity contribution in [3.05, 3.63) is 74.9 Å². The van der Waals surface area contributed by atoms with Crippen LogP contribution in [-0.4, -0.2) is 5.97 Å². The van der Waals surface area contributed by atoms with Gasteiger partial charge < -0.3 is 10.1 Å². The van der Waals surface area contributed by atoms with Gasteiger partial charge in [-0.1, -0.05) is 46.9 Å². The molecule has 0 saturated carbocycles. The van der Waals surface area contributed by atoms with Crippen molar-refractivity contribution in [2.75, 3.05) is 5.32 Å². The molecule has 0 aromatic heterocycles. The third kappa shape index (κ3) is 3.22. The van der Waals surface area contributed by atoms with E-state index < -0.39 is 12.1 Å². The summed E-state index contributed by atoms with van der Waals surface area (Å²) in [6, 6.07) is 12.1. The van der Waals surface area contributed by atoms with E-state index in [0.29, 0.717) is 26.5 Å². The van der Waals surface area contributed by atoms with E-state index in [2.05, 4.69) is 5.32 Å². The molecule has 2 aromatic rings. The Kier molecular flexibility index (Phi) is 4.30. The van der Waals surface area contributed by atoms with Crippen molar-refractivity contribution in [1.82, 2.24) is 0 Å². The predicted octanol–water partition coefficient (Wildman–Crippen LogP) is 5.24. The minimum Gasteiger partial charge on any atom is -0.448 e. The first-order valence-electron chi connectivity index (χ1n) is 6.43. The number of benzene rings is 2. The summed E-state index contributed by atoms with van der Waals surface area (Å²) in [5.41, 5.74) is 1.77. The summed E-state index contributed by atoms with van der Waals surface area (Å²) >= 11 is 17.8. The van der Waals surface area contributed by atoms with Gasteiger partial charge in [0.1, 0.15) is 11.8 Å². The van der Waals surface area contributed by atoms with Gasteiger partial charge in [0, 0.05) is 10.0 Å². The van der Waals surface area contributed by atoms with Gasteiger partial charge in [-0.25, -0.2) is 4.79 Å². The molecule has 1 aliphatic rings. The van der Waals surface area contributed by atoms with Gasteiger partial charge in [-0.15, -0.1) is 0 Å². The minimum absolute atomic E-state index is 0.337. The monoisotopic (exact) mass is 353 g/mol. The van der Waals surface area contributed by atoms with Gasteiger partial charge in [0.15, 0.2) is 0 Å². The first kappa shape index (κ1) is 15.2. The minimum atomic E-state index is -0.446. The van der Waals surface area contributed by atoms with Gasteiger partial charge in [0.05, 0.1) is 10.7 Å². The van der Waals surface area contributed by atoms with Gasteiger partial charge in [-0.2, -0.15) is 0 Å². The molecule has 2 aromatic carbocycles. The molecule has 0 amide bonds. The van der Waals surface area contributed by atoms with Crippen LogP contribution in [0.2, 0.25) is 15.1 Å². The summed E-state index contributed by atoms with van der Waals surface area (Å²) in [4.78, 5) is 12.0. The molecule has 22 heavy (non-hydrogen) atoms. The van der Waals surface area contributed by atoms with E-state index in [4.69, 9.17) is 39.5 Å². The Labute approximate surface area is 142 Å². The first-order chi connectivity index (χ1) is 10.5. The summed E-state index contributed by atoms with van der Waals surface area (Å²) in [5, 5.41) is 4.55. The van der Waals surface area contributed by atoms with Crippen molar-refractivity contribution in [2.45, 2.75) is 6.10 Å². The van der Waals surface area contributed by atoms with E-state index in [1.807, 2.05) is 12.1 Å². The maximum absolute atomic E-state index is 12.0. The lowest BCUT2D eigenvalue weighted by Gasteiger charge is -2.08. The molecule has 1 heterocycles. The lowest BCUT2D eigenvalue weighted by atomic mass is 10.1. The van der Waals surface area contributed by atoms with Crippen molar-refractivity contribution < 1.29 is 9.53 Å². The summed E-state index contributed by atoms with van der Waals surface area (Å²) in [7, 11) is 0. The number of carbonyl (C=O) groups excluding carboxylic acids is 1. The molecule has 6 heteroatoms. The maximum Gasteiger partial charge on any atom is 0.355 e. The number of hydrogen-bond donors (Lipinski definition) is 1. The van der Waals surface area contributed by atoms with Gasteiger partial charge in [-0.3, -0.25) is 0 Å². The lowest BCUT2D eigenvalue weighted by Crippen LogP contribution is -2.09. The lowest BCUT2D eigenvalue weighted by molar-refractivity contribution is -0.139. The highest BCUT2D eigenvalue weighted by Gasteiger charge is 2.27. The van der Waals surface area contributed by atoms with Crippen molar-refractivity contribution in [2.24, 2.45) is 0 Å². The highest BCUT2D eigenvalue weighted by Crippen LogP contribution is 2.32.